The summed E-state index contributed by atoms with van der Waals surface area (Å²) in [4.78, 5) is 4.05. The van der Waals surface area contributed by atoms with Crippen LogP contribution in [0.5, 0.6) is 5.75 Å². The van der Waals surface area contributed by atoms with Gasteiger partial charge in [0.1, 0.15) is 12.4 Å². The summed E-state index contributed by atoms with van der Waals surface area (Å²) in [5.74, 6) is 0.570. The molecule has 1 aromatic carbocycles. The summed E-state index contributed by atoms with van der Waals surface area (Å²) in [7, 11) is 0. The van der Waals surface area contributed by atoms with Crippen LogP contribution >= 0.6 is 15.9 Å². The molecule has 98 valence electrons. The zero-order valence-electron chi connectivity index (χ0n) is 9.95. The lowest BCUT2D eigenvalue weighted by Crippen LogP contribution is -2.14. The third kappa shape index (κ3) is 3.45. The van der Waals surface area contributed by atoms with Crippen LogP contribution in [0.4, 0.5) is 0 Å². The van der Waals surface area contributed by atoms with Gasteiger partial charge < -0.3 is 15.7 Å². The van der Waals surface area contributed by atoms with Crippen molar-refractivity contribution < 1.29 is 9.94 Å². The Morgan fingerprint density at radius 1 is 1.37 bits per heavy atom. The van der Waals surface area contributed by atoms with Crippen LogP contribution in [0, 0.1) is 0 Å². The lowest BCUT2D eigenvalue weighted by Gasteiger charge is -2.10. The highest BCUT2D eigenvalue weighted by molar-refractivity contribution is 9.10. The highest BCUT2D eigenvalue weighted by Gasteiger charge is 2.07. The van der Waals surface area contributed by atoms with E-state index in [1.165, 1.54) is 0 Å². The van der Waals surface area contributed by atoms with Crippen molar-refractivity contribution in [3.05, 3.63) is 58.3 Å². The number of rotatable bonds is 4. The molecule has 0 aliphatic heterocycles. The second kappa shape index (κ2) is 6.19. The molecular weight excluding hydrogens is 310 g/mol. The number of nitrogens with zero attached hydrogens (tertiary/aromatic N) is 2. The van der Waals surface area contributed by atoms with E-state index >= 15 is 0 Å². The average Bonchev–Trinajstić information content (AvgIpc) is 2.45. The first-order valence-electron chi connectivity index (χ1n) is 5.50. The molecule has 0 saturated heterocycles. The predicted molar refractivity (Wildman–Crippen MR) is 75.2 cm³/mol. The Labute approximate surface area is 118 Å². The number of pyridine rings is 1. The zero-order valence-corrected chi connectivity index (χ0v) is 11.5. The number of nitrogens with two attached hydrogens (primary N) is 1. The predicted octanol–water partition coefficient (Wildman–Crippen LogP) is 2.52. The number of ether oxygens (including phenoxy) is 1. The van der Waals surface area contributed by atoms with E-state index < -0.39 is 0 Å². The van der Waals surface area contributed by atoms with E-state index in [0.29, 0.717) is 17.9 Å². The molecule has 0 saturated carbocycles. The Morgan fingerprint density at radius 2 is 2.16 bits per heavy atom. The van der Waals surface area contributed by atoms with Gasteiger partial charge in [-0.15, -0.1) is 0 Å². The van der Waals surface area contributed by atoms with E-state index in [1.807, 2.05) is 12.1 Å². The third-order valence-corrected chi connectivity index (χ3v) is 2.86. The van der Waals surface area contributed by atoms with Gasteiger partial charge in [-0.25, -0.2) is 0 Å². The number of amidine groups is 1. The van der Waals surface area contributed by atoms with Crippen LogP contribution in [-0.2, 0) is 6.61 Å². The second-order valence-electron chi connectivity index (χ2n) is 3.78. The first kappa shape index (κ1) is 13.4. The molecule has 5 nitrogen and oxygen atoms in total. The van der Waals surface area contributed by atoms with Crippen LogP contribution in [0.3, 0.4) is 0 Å². The van der Waals surface area contributed by atoms with E-state index in [-0.39, 0.29) is 5.84 Å². The van der Waals surface area contributed by atoms with E-state index in [9.17, 15) is 0 Å². The van der Waals surface area contributed by atoms with Crippen molar-refractivity contribution >= 4 is 21.8 Å². The fourth-order valence-electron chi connectivity index (χ4n) is 1.55. The van der Waals surface area contributed by atoms with Crippen molar-refractivity contribution in [1.29, 1.82) is 0 Å². The van der Waals surface area contributed by atoms with Crippen molar-refractivity contribution in [3.63, 3.8) is 0 Å². The minimum absolute atomic E-state index is 0.0166. The molecule has 1 aromatic heterocycles. The number of oxime groups is 1. The summed E-state index contributed by atoms with van der Waals surface area (Å²) in [6.07, 6.45) is 3.42. The monoisotopic (exact) mass is 321 g/mol. The van der Waals surface area contributed by atoms with Gasteiger partial charge in [0.25, 0.3) is 0 Å². The van der Waals surface area contributed by atoms with Crippen LogP contribution in [0.2, 0.25) is 0 Å². The number of para-hydroxylation sites is 1. The molecule has 0 bridgehead atoms. The maximum Gasteiger partial charge on any atom is 0.173 e. The molecule has 0 fully saturated rings. The topological polar surface area (TPSA) is 80.7 Å². The Balaban J connectivity index is 2.16. The van der Waals surface area contributed by atoms with Gasteiger partial charge in [0.2, 0.25) is 0 Å². The molecular formula is C13H12BrN3O2. The summed E-state index contributed by atoms with van der Waals surface area (Å²) < 4.78 is 6.56. The highest BCUT2D eigenvalue weighted by Crippen LogP contribution is 2.19. The van der Waals surface area contributed by atoms with Gasteiger partial charge in [-0.3, -0.25) is 4.98 Å². The molecule has 19 heavy (non-hydrogen) atoms. The van der Waals surface area contributed by atoms with E-state index in [1.54, 1.807) is 30.6 Å². The van der Waals surface area contributed by atoms with E-state index in [2.05, 4.69) is 26.1 Å². The van der Waals surface area contributed by atoms with Gasteiger partial charge in [-0.05, 0) is 34.1 Å². The van der Waals surface area contributed by atoms with E-state index in [0.717, 1.165) is 10.0 Å². The van der Waals surface area contributed by atoms with Crippen molar-refractivity contribution in [1.82, 2.24) is 4.98 Å². The molecule has 0 radical (unpaired) electrons. The van der Waals surface area contributed by atoms with Crippen LogP contribution in [0.15, 0.2) is 52.4 Å². The maximum absolute atomic E-state index is 8.73. The standard InChI is InChI=1S/C13H12BrN3O2/c14-10-5-9(6-16-7-10)8-19-12-4-2-1-3-11(12)13(15)17-18/h1-7,18H,8H2,(H2,15,17). The summed E-state index contributed by atoms with van der Waals surface area (Å²) in [6, 6.07) is 9.02. The van der Waals surface area contributed by atoms with Crippen molar-refractivity contribution in [2.24, 2.45) is 10.9 Å². The SMILES string of the molecule is N/C(=N/O)c1ccccc1OCc1cncc(Br)c1. The summed E-state index contributed by atoms with van der Waals surface area (Å²) in [5.41, 5.74) is 7.06. The molecule has 0 aliphatic carbocycles. The molecule has 2 aromatic rings. The molecule has 2 rings (SSSR count). The first-order chi connectivity index (χ1) is 9.20. The average molecular weight is 322 g/mol. The van der Waals surface area contributed by atoms with Crippen molar-refractivity contribution in [2.45, 2.75) is 6.61 Å². The third-order valence-electron chi connectivity index (χ3n) is 2.43. The molecule has 0 atom stereocenters. The Bertz CT molecular complexity index is 602. The molecule has 1 heterocycles. The normalized spacial score (nSPS) is 11.3. The summed E-state index contributed by atoms with van der Waals surface area (Å²) in [6.45, 7) is 0.349. The van der Waals surface area contributed by atoms with Crippen LogP contribution in [0.1, 0.15) is 11.1 Å². The number of hydrogen-bond acceptors (Lipinski definition) is 4. The molecule has 0 amide bonds. The fourth-order valence-corrected chi connectivity index (χ4v) is 1.97. The van der Waals surface area contributed by atoms with Crippen LogP contribution in [-0.4, -0.2) is 16.0 Å². The first-order valence-corrected chi connectivity index (χ1v) is 6.29. The Morgan fingerprint density at radius 3 is 2.89 bits per heavy atom. The fraction of sp³-hybridized carbons (Fsp3) is 0.0769. The molecule has 6 heteroatoms. The molecule has 0 aliphatic rings. The smallest absolute Gasteiger partial charge is 0.173 e. The van der Waals surface area contributed by atoms with Gasteiger partial charge >= 0.3 is 0 Å². The number of benzene rings is 1. The Hall–Kier alpha value is -2.08. The van der Waals surface area contributed by atoms with Gasteiger partial charge in [0.15, 0.2) is 5.84 Å². The lowest BCUT2D eigenvalue weighted by atomic mass is 10.2. The summed E-state index contributed by atoms with van der Waals surface area (Å²) in [5, 5.41) is 11.7. The van der Waals surface area contributed by atoms with E-state index in [4.69, 9.17) is 15.7 Å². The summed E-state index contributed by atoms with van der Waals surface area (Å²) >= 11 is 3.35. The second-order valence-corrected chi connectivity index (χ2v) is 4.70. The maximum atomic E-state index is 8.73. The Kier molecular flexibility index (Phi) is 4.35. The van der Waals surface area contributed by atoms with Crippen LogP contribution in [0.25, 0.3) is 0 Å². The lowest BCUT2D eigenvalue weighted by molar-refractivity contribution is 0.302. The minimum atomic E-state index is 0.0166. The largest absolute Gasteiger partial charge is 0.488 e. The van der Waals surface area contributed by atoms with Crippen molar-refractivity contribution in [2.75, 3.05) is 0 Å². The molecule has 0 spiro atoms. The minimum Gasteiger partial charge on any atom is -0.488 e. The molecule has 0 unspecified atom stereocenters. The van der Waals surface area contributed by atoms with Gasteiger partial charge in [-0.1, -0.05) is 17.3 Å². The zero-order chi connectivity index (χ0) is 13.7. The van der Waals surface area contributed by atoms with Gasteiger partial charge in [0.05, 0.1) is 5.56 Å². The highest BCUT2D eigenvalue weighted by atomic mass is 79.9. The number of halogens is 1. The number of aromatic nitrogens is 1. The quantitative estimate of drug-likeness (QED) is 0.392. The number of hydrogen-bond donors (Lipinski definition) is 2. The van der Waals surface area contributed by atoms with Gasteiger partial charge in [-0.2, -0.15) is 0 Å². The molecule has 3 N–H and O–H groups in total. The van der Waals surface area contributed by atoms with Crippen molar-refractivity contribution in [3.8, 4) is 5.75 Å². The van der Waals surface area contributed by atoms with Gasteiger partial charge in [0, 0.05) is 22.4 Å². The van der Waals surface area contributed by atoms with Crippen LogP contribution < -0.4 is 10.5 Å².